The van der Waals surface area contributed by atoms with Crippen LogP contribution in [0.1, 0.15) is 37.4 Å². The zero-order valence-electron chi connectivity index (χ0n) is 19.4. The van der Waals surface area contributed by atoms with Gasteiger partial charge in [0.05, 0.1) is 11.6 Å². The Labute approximate surface area is 204 Å². The monoisotopic (exact) mass is 484 g/mol. The summed E-state index contributed by atoms with van der Waals surface area (Å²) >= 11 is 6.25. The lowest BCUT2D eigenvalue weighted by Gasteiger charge is -2.27. The number of benzene rings is 2. The van der Waals surface area contributed by atoms with E-state index in [4.69, 9.17) is 21.1 Å². The third-order valence-electron chi connectivity index (χ3n) is 6.29. The van der Waals surface area contributed by atoms with Crippen LogP contribution >= 0.6 is 11.6 Å². The lowest BCUT2D eigenvalue weighted by Crippen LogP contribution is -2.33. The third kappa shape index (κ3) is 4.76. The molecule has 180 valence electrons. The molecule has 0 radical (unpaired) electrons. The van der Waals surface area contributed by atoms with Crippen molar-refractivity contribution in [3.8, 4) is 11.5 Å². The van der Waals surface area contributed by atoms with Gasteiger partial charge < -0.3 is 24.4 Å². The van der Waals surface area contributed by atoms with Crippen molar-refractivity contribution in [3.05, 3.63) is 64.2 Å². The van der Waals surface area contributed by atoms with Crippen LogP contribution in [0.3, 0.4) is 0 Å². The summed E-state index contributed by atoms with van der Waals surface area (Å²) < 4.78 is 11.2. The zero-order valence-corrected chi connectivity index (χ0v) is 20.2. The number of halogens is 1. The highest BCUT2D eigenvalue weighted by molar-refractivity contribution is 6.46. The lowest BCUT2D eigenvalue weighted by molar-refractivity contribution is -0.140. The number of aliphatic hydroxyl groups excluding tert-OH is 1. The molecule has 1 saturated heterocycles. The van der Waals surface area contributed by atoms with Crippen molar-refractivity contribution in [2.24, 2.45) is 0 Å². The highest BCUT2D eigenvalue weighted by atomic mass is 35.5. The highest BCUT2D eigenvalue weighted by Gasteiger charge is 2.46. The number of carbonyl (C=O) groups excluding carboxylic acids is 2. The van der Waals surface area contributed by atoms with E-state index < -0.39 is 17.7 Å². The Morgan fingerprint density at radius 2 is 1.82 bits per heavy atom. The zero-order chi connectivity index (χ0) is 24.2. The molecule has 0 aromatic heterocycles. The van der Waals surface area contributed by atoms with E-state index in [9.17, 15) is 14.7 Å². The van der Waals surface area contributed by atoms with E-state index in [1.807, 2.05) is 6.07 Å². The topological polar surface area (TPSA) is 79.3 Å². The number of likely N-dealkylation sites (tertiary alicyclic amines) is 1. The van der Waals surface area contributed by atoms with Gasteiger partial charge in [-0.15, -0.1) is 0 Å². The maximum atomic E-state index is 13.2. The Kier molecular flexibility index (Phi) is 7.44. The first-order valence-electron chi connectivity index (χ1n) is 11.6. The number of rotatable bonds is 8. The molecule has 4 rings (SSSR count). The number of hydrogen-bond acceptors (Lipinski definition) is 6. The predicted octanol–water partition coefficient (Wildman–Crippen LogP) is 4.26. The van der Waals surface area contributed by atoms with Crippen LogP contribution in [-0.2, 0) is 9.59 Å². The predicted molar refractivity (Wildman–Crippen MR) is 130 cm³/mol. The minimum absolute atomic E-state index is 0.0479. The summed E-state index contributed by atoms with van der Waals surface area (Å²) in [6.07, 6.45) is 0.704. The van der Waals surface area contributed by atoms with E-state index in [1.165, 1.54) is 0 Å². The van der Waals surface area contributed by atoms with Crippen LogP contribution in [0.15, 0.2) is 48.0 Å². The van der Waals surface area contributed by atoms with Crippen LogP contribution in [0.25, 0.3) is 5.76 Å². The van der Waals surface area contributed by atoms with Gasteiger partial charge in [-0.25, -0.2) is 0 Å². The molecule has 1 atom stereocenters. The van der Waals surface area contributed by atoms with Gasteiger partial charge in [-0.3, -0.25) is 9.59 Å². The van der Waals surface area contributed by atoms with E-state index >= 15 is 0 Å². The van der Waals surface area contributed by atoms with Gasteiger partial charge in [-0.1, -0.05) is 37.6 Å². The van der Waals surface area contributed by atoms with Gasteiger partial charge in [0.1, 0.15) is 19.0 Å². The van der Waals surface area contributed by atoms with Crippen LogP contribution < -0.4 is 9.47 Å². The lowest BCUT2D eigenvalue weighted by atomic mass is 9.95. The molecule has 1 N–H and O–H groups in total. The van der Waals surface area contributed by atoms with Crippen LogP contribution in [-0.4, -0.2) is 66.0 Å². The smallest absolute Gasteiger partial charge is 0.295 e. The first-order chi connectivity index (χ1) is 16.4. The van der Waals surface area contributed by atoms with E-state index in [-0.39, 0.29) is 11.3 Å². The summed E-state index contributed by atoms with van der Waals surface area (Å²) in [5.41, 5.74) is 1.11. The van der Waals surface area contributed by atoms with Crippen molar-refractivity contribution in [1.82, 2.24) is 9.80 Å². The SMILES string of the molecule is CCN(CC)CCCN1C(=O)C(=O)C(=C(O)c2ccc3c(c2)OCCO3)[C@@H]1c1cccc(Cl)c1. The molecule has 1 amide bonds. The van der Waals surface area contributed by atoms with Crippen LogP contribution in [0.2, 0.25) is 5.02 Å². The molecule has 0 bridgehead atoms. The molecule has 7 nitrogen and oxygen atoms in total. The number of nitrogens with zero attached hydrogens (tertiary/aromatic N) is 2. The number of hydrogen-bond donors (Lipinski definition) is 1. The number of amides is 1. The Morgan fingerprint density at radius 3 is 2.53 bits per heavy atom. The standard InChI is InChI=1S/C26H29ClN2O5/c1-3-28(4-2)11-6-12-29-23(17-7-5-8-19(27)15-17)22(25(31)26(29)32)24(30)18-9-10-20-21(16-18)34-14-13-33-20/h5,7-10,15-16,23,30H,3-4,6,11-14H2,1-2H3/t23-/m0/s1. The number of ketones is 1. The van der Waals surface area contributed by atoms with Crippen molar-refractivity contribution >= 4 is 29.1 Å². The fraction of sp³-hybridized carbons (Fsp3) is 0.385. The average molecular weight is 485 g/mol. The van der Waals surface area contributed by atoms with Crippen molar-refractivity contribution in [2.75, 3.05) is 39.4 Å². The van der Waals surface area contributed by atoms with Gasteiger partial charge in [0.25, 0.3) is 11.7 Å². The van der Waals surface area contributed by atoms with Crippen molar-refractivity contribution in [1.29, 1.82) is 0 Å². The molecule has 1 fully saturated rings. The summed E-state index contributed by atoms with van der Waals surface area (Å²) in [6.45, 7) is 8.05. The Hall–Kier alpha value is -3.03. The molecule has 0 unspecified atom stereocenters. The maximum absolute atomic E-state index is 13.2. The minimum atomic E-state index is -0.733. The van der Waals surface area contributed by atoms with Crippen LogP contribution in [0.4, 0.5) is 0 Å². The molecule has 2 aromatic carbocycles. The highest BCUT2D eigenvalue weighted by Crippen LogP contribution is 2.41. The first-order valence-corrected chi connectivity index (χ1v) is 12.0. The second kappa shape index (κ2) is 10.5. The number of fused-ring (bicyclic) bond motifs is 1. The summed E-state index contributed by atoms with van der Waals surface area (Å²) in [4.78, 5) is 30.1. The molecule has 2 aliphatic rings. The Morgan fingerprint density at radius 1 is 1.09 bits per heavy atom. The van der Waals surface area contributed by atoms with Crippen LogP contribution in [0.5, 0.6) is 11.5 Å². The summed E-state index contributed by atoms with van der Waals surface area (Å²) in [7, 11) is 0. The molecule has 2 aromatic rings. The van der Waals surface area contributed by atoms with E-state index in [0.29, 0.717) is 53.8 Å². The van der Waals surface area contributed by atoms with Crippen molar-refractivity contribution in [2.45, 2.75) is 26.3 Å². The molecule has 2 aliphatic heterocycles. The largest absolute Gasteiger partial charge is 0.507 e. The Bertz CT molecular complexity index is 1110. The molecule has 8 heteroatoms. The second-order valence-corrected chi connectivity index (χ2v) is 8.72. The summed E-state index contributed by atoms with van der Waals surface area (Å²) in [5, 5.41) is 11.8. The van der Waals surface area contributed by atoms with Crippen LogP contribution in [0, 0.1) is 0 Å². The number of carbonyl (C=O) groups is 2. The average Bonchev–Trinajstić information content (AvgIpc) is 3.11. The van der Waals surface area contributed by atoms with Crippen molar-refractivity contribution in [3.63, 3.8) is 0 Å². The molecule has 0 aliphatic carbocycles. The normalized spacial score (nSPS) is 19.2. The number of aliphatic hydroxyl groups is 1. The Balaban J connectivity index is 1.73. The third-order valence-corrected chi connectivity index (χ3v) is 6.52. The van der Waals surface area contributed by atoms with Gasteiger partial charge in [-0.2, -0.15) is 0 Å². The first kappa shape index (κ1) is 24.1. The molecular weight excluding hydrogens is 456 g/mol. The fourth-order valence-corrected chi connectivity index (χ4v) is 4.68. The van der Waals surface area contributed by atoms with Gasteiger partial charge in [0, 0.05) is 17.1 Å². The van der Waals surface area contributed by atoms with Crippen molar-refractivity contribution < 1.29 is 24.2 Å². The summed E-state index contributed by atoms with van der Waals surface area (Å²) in [5.74, 6) is -0.510. The van der Waals surface area contributed by atoms with E-state index in [1.54, 1.807) is 41.3 Å². The maximum Gasteiger partial charge on any atom is 0.295 e. The molecule has 34 heavy (non-hydrogen) atoms. The van der Waals surface area contributed by atoms with E-state index in [2.05, 4.69) is 18.7 Å². The quantitative estimate of drug-likeness (QED) is 0.342. The fourth-order valence-electron chi connectivity index (χ4n) is 4.48. The summed E-state index contributed by atoms with van der Waals surface area (Å²) in [6, 6.07) is 11.3. The van der Waals surface area contributed by atoms with E-state index in [0.717, 1.165) is 19.6 Å². The molecular formula is C26H29ClN2O5. The second-order valence-electron chi connectivity index (χ2n) is 8.29. The molecule has 2 heterocycles. The molecule has 0 spiro atoms. The van der Waals surface area contributed by atoms with Gasteiger partial charge in [0.2, 0.25) is 0 Å². The van der Waals surface area contributed by atoms with Gasteiger partial charge in [-0.05, 0) is 62.0 Å². The number of Topliss-reactive ketones (excluding diaryl/α,β-unsaturated/α-hetero) is 1. The minimum Gasteiger partial charge on any atom is -0.507 e. The number of ether oxygens (including phenoxy) is 2. The van der Waals surface area contributed by atoms with Gasteiger partial charge in [0.15, 0.2) is 11.5 Å². The van der Waals surface area contributed by atoms with Gasteiger partial charge >= 0.3 is 0 Å². The molecule has 0 saturated carbocycles.